The molecule has 6 rings (SSSR count). The molecule has 0 spiro atoms. The van der Waals surface area contributed by atoms with E-state index in [4.69, 9.17) is 37.9 Å². The fourth-order valence-electron chi connectivity index (χ4n) is 8.77. The fourth-order valence-corrected chi connectivity index (χ4v) is 9.38. The molecule has 2 saturated heterocycles. The Bertz CT molecular complexity index is 1430. The van der Waals surface area contributed by atoms with Gasteiger partial charge in [-0.1, -0.05) is 97.8 Å². The second-order valence-electron chi connectivity index (χ2n) is 17.3. The molecule has 0 bridgehead atoms. The van der Waals surface area contributed by atoms with Crippen molar-refractivity contribution in [2.45, 2.75) is 154 Å². The van der Waals surface area contributed by atoms with Crippen molar-refractivity contribution in [3.63, 3.8) is 0 Å². The van der Waals surface area contributed by atoms with Crippen molar-refractivity contribution in [3.05, 3.63) is 84.0 Å². The van der Waals surface area contributed by atoms with Crippen LogP contribution in [0.4, 0.5) is 0 Å². The Morgan fingerprint density at radius 2 is 1.07 bits per heavy atom. The van der Waals surface area contributed by atoms with Crippen LogP contribution in [0.5, 0.6) is 11.5 Å². The summed E-state index contributed by atoms with van der Waals surface area (Å²) in [5.41, 5.74) is 2.36. The molecule has 10 atom stereocenters. The topological polar surface area (TPSA) is 94.1 Å². The van der Waals surface area contributed by atoms with Gasteiger partial charge in [0, 0.05) is 34.7 Å². The van der Waals surface area contributed by atoms with Gasteiger partial charge in [0.15, 0.2) is 11.6 Å². The molecule has 2 aliphatic carbocycles. The Hall–Kier alpha value is -2.03. The minimum Gasteiger partial charge on any atom is -0.497 e. The number of hydrogen-bond acceptors (Lipinski definition) is 9. The first-order chi connectivity index (χ1) is 27.8. The van der Waals surface area contributed by atoms with E-state index in [1.807, 2.05) is 52.0 Å². The van der Waals surface area contributed by atoms with Crippen LogP contribution in [0, 0.1) is 23.7 Å². The van der Waals surface area contributed by atoms with Gasteiger partial charge in [-0.15, -0.1) is 0 Å². The lowest BCUT2D eigenvalue weighted by molar-refractivity contribution is -0.149. The van der Waals surface area contributed by atoms with E-state index in [1.165, 1.54) is 30.4 Å². The number of aliphatic hydroxyl groups excluding tert-OH is 1. The zero-order chi connectivity index (χ0) is 41.7. The first-order valence-corrected chi connectivity index (χ1v) is 23.1. The molecular weight excluding hydrogens is 847 g/mol. The van der Waals surface area contributed by atoms with Crippen molar-refractivity contribution >= 4 is 22.6 Å². The first kappa shape index (κ1) is 47.0. The molecule has 0 amide bonds. The highest BCUT2D eigenvalue weighted by Gasteiger charge is 2.44. The zero-order valence-electron chi connectivity index (χ0n) is 36.3. The molecule has 1 N–H and O–H groups in total. The van der Waals surface area contributed by atoms with Crippen molar-refractivity contribution in [1.82, 2.24) is 0 Å². The van der Waals surface area contributed by atoms with Gasteiger partial charge in [0.25, 0.3) is 0 Å². The van der Waals surface area contributed by atoms with Gasteiger partial charge in [-0.2, -0.15) is 0 Å². The Labute approximate surface area is 362 Å². The predicted molar refractivity (Wildman–Crippen MR) is 237 cm³/mol. The Balaban J connectivity index is 0.000000221. The molecule has 4 aliphatic rings. The SMILES string of the molecule is COc1ccc(CO[C@H]2CCC[C@@H]2/C=C\C(C)C2OC(C)(C)OC2CCI)cc1.COc1ccc(CO[C@H]2CCC[C@@H]2/C=C\C(C)C2OC(C)(C)OC2CCO)cc1. The van der Waals surface area contributed by atoms with Crippen molar-refractivity contribution in [3.8, 4) is 11.5 Å². The standard InChI is InChI=1S/C24H35IO4.C24H36O5/c2*1-17(23-22(14-15-25)28-24(2,3)29-23)8-11-19-6-5-7-21(19)27-16-18-9-12-20(26-4)13-10-18/h8-13,17,19,21-23H,5-7,14-16H2,1-4H3;8-13,17,19,21-23,25H,5-7,14-16H2,1-4H3/b2*11-8-/t2*17?,19-,21+,22?,23?/m11/s1. The molecule has 2 aliphatic heterocycles. The lowest BCUT2D eigenvalue weighted by Gasteiger charge is -2.22. The quantitative estimate of drug-likeness (QED) is 0.0891. The van der Waals surface area contributed by atoms with Crippen LogP contribution in [0.15, 0.2) is 72.8 Å². The third-order valence-electron chi connectivity index (χ3n) is 11.9. The molecule has 6 unspecified atom stereocenters. The summed E-state index contributed by atoms with van der Waals surface area (Å²) < 4.78 is 48.5. The van der Waals surface area contributed by atoms with Gasteiger partial charge in [-0.05, 0) is 102 Å². The average molecular weight is 919 g/mol. The summed E-state index contributed by atoms with van der Waals surface area (Å²) in [7, 11) is 3.37. The summed E-state index contributed by atoms with van der Waals surface area (Å²) in [6.07, 6.45) is 18.6. The molecule has 324 valence electrons. The monoisotopic (exact) mass is 918 g/mol. The molecule has 2 saturated carbocycles. The molecular formula is C48H71IO9. The van der Waals surface area contributed by atoms with Crippen molar-refractivity contribution in [1.29, 1.82) is 0 Å². The maximum atomic E-state index is 9.34. The molecule has 58 heavy (non-hydrogen) atoms. The number of halogens is 1. The highest BCUT2D eigenvalue weighted by atomic mass is 127. The van der Waals surface area contributed by atoms with E-state index < -0.39 is 11.6 Å². The van der Waals surface area contributed by atoms with Crippen LogP contribution in [0.2, 0.25) is 0 Å². The zero-order valence-corrected chi connectivity index (χ0v) is 38.4. The predicted octanol–water partition coefficient (Wildman–Crippen LogP) is 10.4. The summed E-state index contributed by atoms with van der Waals surface area (Å²) >= 11 is 2.42. The molecule has 9 nitrogen and oxygen atoms in total. The summed E-state index contributed by atoms with van der Waals surface area (Å²) in [4.78, 5) is 0. The van der Waals surface area contributed by atoms with E-state index in [0.717, 1.165) is 41.6 Å². The number of hydrogen-bond donors (Lipinski definition) is 1. The van der Waals surface area contributed by atoms with Crippen LogP contribution in [0.25, 0.3) is 0 Å². The van der Waals surface area contributed by atoms with Gasteiger partial charge in [0.2, 0.25) is 0 Å². The van der Waals surface area contributed by atoms with E-state index in [9.17, 15) is 5.11 Å². The third kappa shape index (κ3) is 14.0. The minimum atomic E-state index is -0.593. The van der Waals surface area contributed by atoms with Crippen LogP contribution < -0.4 is 9.47 Å². The van der Waals surface area contributed by atoms with E-state index in [1.54, 1.807) is 14.2 Å². The summed E-state index contributed by atoms with van der Waals surface area (Å²) in [5.74, 6) is 2.13. The molecule has 4 fully saturated rings. The van der Waals surface area contributed by atoms with E-state index in [-0.39, 0.29) is 43.0 Å². The second-order valence-corrected chi connectivity index (χ2v) is 18.4. The van der Waals surface area contributed by atoms with Gasteiger partial charge >= 0.3 is 0 Å². The van der Waals surface area contributed by atoms with E-state index >= 15 is 0 Å². The molecule has 10 heteroatoms. The highest BCUT2D eigenvalue weighted by Crippen LogP contribution is 2.38. The molecule has 0 aromatic heterocycles. The van der Waals surface area contributed by atoms with Crippen LogP contribution in [-0.4, -0.2) is 78.6 Å². The fraction of sp³-hybridized carbons (Fsp3) is 0.667. The first-order valence-electron chi connectivity index (χ1n) is 21.6. The van der Waals surface area contributed by atoms with Gasteiger partial charge < -0.3 is 43.0 Å². The Kier molecular flexibility index (Phi) is 18.4. The molecule has 2 heterocycles. The second kappa shape index (κ2) is 22.7. The summed E-state index contributed by atoms with van der Waals surface area (Å²) in [5, 5.41) is 9.34. The number of methoxy groups -OCH3 is 2. The Morgan fingerprint density at radius 3 is 1.45 bits per heavy atom. The number of ether oxygens (including phenoxy) is 8. The maximum absolute atomic E-state index is 9.34. The van der Waals surface area contributed by atoms with E-state index in [2.05, 4.69) is 85.0 Å². The average Bonchev–Trinajstić information content (AvgIpc) is 4.00. The smallest absolute Gasteiger partial charge is 0.163 e. The van der Waals surface area contributed by atoms with Crippen LogP contribution >= 0.6 is 22.6 Å². The van der Waals surface area contributed by atoms with Crippen molar-refractivity contribution in [2.75, 3.05) is 25.3 Å². The van der Waals surface area contributed by atoms with Crippen LogP contribution in [0.3, 0.4) is 0 Å². The number of rotatable bonds is 18. The van der Waals surface area contributed by atoms with Crippen LogP contribution in [0.1, 0.15) is 104 Å². The number of aliphatic hydroxyl groups is 1. The maximum Gasteiger partial charge on any atom is 0.163 e. The lowest BCUT2D eigenvalue weighted by atomic mass is 9.95. The van der Waals surface area contributed by atoms with Crippen molar-refractivity contribution < 1.29 is 43.0 Å². The minimum absolute atomic E-state index is 0.0338. The van der Waals surface area contributed by atoms with Gasteiger partial charge in [-0.3, -0.25) is 0 Å². The number of benzene rings is 2. The lowest BCUT2D eigenvalue weighted by Crippen LogP contribution is -2.29. The van der Waals surface area contributed by atoms with Gasteiger partial charge in [0.1, 0.15) is 11.5 Å². The normalized spacial score (nSPS) is 30.1. The van der Waals surface area contributed by atoms with Gasteiger partial charge in [-0.25, -0.2) is 0 Å². The summed E-state index contributed by atoms with van der Waals surface area (Å²) in [6.45, 7) is 13.7. The largest absolute Gasteiger partial charge is 0.497 e. The summed E-state index contributed by atoms with van der Waals surface area (Å²) in [6, 6.07) is 16.2. The molecule has 2 aromatic rings. The highest BCUT2D eigenvalue weighted by molar-refractivity contribution is 14.1. The molecule has 2 aromatic carbocycles. The van der Waals surface area contributed by atoms with Crippen LogP contribution in [-0.2, 0) is 41.6 Å². The Morgan fingerprint density at radius 1 is 0.655 bits per heavy atom. The van der Waals surface area contributed by atoms with Crippen molar-refractivity contribution in [2.24, 2.45) is 23.7 Å². The van der Waals surface area contributed by atoms with Gasteiger partial charge in [0.05, 0.1) is 64.1 Å². The molecule has 0 radical (unpaired) electrons. The number of alkyl halides is 1. The van der Waals surface area contributed by atoms with E-state index in [0.29, 0.717) is 43.5 Å². The third-order valence-corrected chi connectivity index (χ3v) is 12.5.